The first-order chi connectivity index (χ1) is 9.25. The van der Waals surface area contributed by atoms with Gasteiger partial charge in [-0.25, -0.2) is 4.98 Å². The highest BCUT2D eigenvalue weighted by Gasteiger charge is 2.10. The third-order valence-electron chi connectivity index (χ3n) is 2.54. The van der Waals surface area contributed by atoms with Crippen molar-refractivity contribution < 1.29 is 4.74 Å². The summed E-state index contributed by atoms with van der Waals surface area (Å²) in [4.78, 5) is 10.3. The Labute approximate surface area is 135 Å². The van der Waals surface area contributed by atoms with Gasteiger partial charge in [-0.05, 0) is 27.5 Å². The largest absolute Gasteiger partial charge is 0.379 e. The molecule has 1 saturated heterocycles. The molecule has 0 spiro atoms. The fourth-order valence-corrected chi connectivity index (χ4v) is 2.09. The summed E-state index contributed by atoms with van der Waals surface area (Å²) >= 11 is 9.11. The van der Waals surface area contributed by atoms with Gasteiger partial charge in [-0.1, -0.05) is 21.3 Å². The van der Waals surface area contributed by atoms with Crippen LogP contribution in [0.25, 0.3) is 0 Å². The number of rotatable bonds is 4. The summed E-state index contributed by atoms with van der Waals surface area (Å²) in [6.45, 7) is 9.43. The molecule has 7 heteroatoms. The van der Waals surface area contributed by atoms with Crippen LogP contribution in [-0.2, 0) is 4.74 Å². The summed E-state index contributed by atoms with van der Waals surface area (Å²) in [6.07, 6.45) is 1.65. The number of nitrogens with one attached hydrogen (secondary N) is 1. The van der Waals surface area contributed by atoms with Crippen LogP contribution in [0.1, 0.15) is 21.3 Å². The minimum atomic E-state index is 0. The smallest absolute Gasteiger partial charge is 0.224 e. The topological polar surface area (TPSA) is 50.3 Å². The Hall–Kier alpha value is -0.430. The first-order valence-electron chi connectivity index (χ1n) is 6.48. The number of hydrogen-bond donors (Lipinski definition) is 1. The van der Waals surface area contributed by atoms with E-state index in [1.807, 2.05) is 13.8 Å². The molecule has 0 atom stereocenters. The van der Waals surface area contributed by atoms with Crippen LogP contribution in [0, 0.1) is 0 Å². The molecule has 0 saturated carbocycles. The SMILES string of the molecule is C.CC.Clc1ncc(Br)c(NCCN2CCOCC2)n1. The van der Waals surface area contributed by atoms with E-state index in [-0.39, 0.29) is 12.7 Å². The van der Waals surface area contributed by atoms with Gasteiger partial charge in [0, 0.05) is 32.4 Å². The highest BCUT2D eigenvalue weighted by Crippen LogP contribution is 2.19. The molecule has 20 heavy (non-hydrogen) atoms. The number of nitrogens with zero attached hydrogens (tertiary/aromatic N) is 3. The van der Waals surface area contributed by atoms with Gasteiger partial charge in [0.15, 0.2) is 0 Å². The van der Waals surface area contributed by atoms with E-state index in [9.17, 15) is 0 Å². The summed E-state index contributed by atoms with van der Waals surface area (Å²) in [6, 6.07) is 0. The predicted molar refractivity (Wildman–Crippen MR) is 88.6 cm³/mol. The van der Waals surface area contributed by atoms with Gasteiger partial charge >= 0.3 is 0 Å². The lowest BCUT2D eigenvalue weighted by Gasteiger charge is -2.26. The monoisotopic (exact) mass is 366 g/mol. The molecular weight excluding hydrogens is 344 g/mol. The second-order valence-corrected chi connectivity index (χ2v) is 4.91. The molecule has 1 aliphatic rings. The molecule has 0 bridgehead atoms. The van der Waals surface area contributed by atoms with Crippen LogP contribution in [0.3, 0.4) is 0 Å². The number of ether oxygens (including phenoxy) is 1. The summed E-state index contributed by atoms with van der Waals surface area (Å²) < 4.78 is 6.11. The molecule has 1 aromatic heterocycles. The fourth-order valence-electron chi connectivity index (χ4n) is 1.63. The average molecular weight is 368 g/mol. The van der Waals surface area contributed by atoms with Crippen molar-refractivity contribution in [1.29, 1.82) is 0 Å². The molecule has 0 radical (unpaired) electrons. The van der Waals surface area contributed by atoms with Crippen molar-refractivity contribution in [1.82, 2.24) is 14.9 Å². The molecule has 0 aliphatic carbocycles. The number of halogens is 2. The van der Waals surface area contributed by atoms with Crippen molar-refractivity contribution in [3.63, 3.8) is 0 Å². The molecule has 1 aromatic rings. The van der Waals surface area contributed by atoms with E-state index in [0.29, 0.717) is 0 Å². The Morgan fingerprint density at radius 1 is 1.40 bits per heavy atom. The zero-order valence-corrected chi connectivity index (χ0v) is 13.7. The summed E-state index contributed by atoms with van der Waals surface area (Å²) in [7, 11) is 0. The van der Waals surface area contributed by atoms with Gasteiger partial charge < -0.3 is 10.1 Å². The van der Waals surface area contributed by atoms with Crippen LogP contribution in [-0.4, -0.2) is 54.3 Å². The van der Waals surface area contributed by atoms with Gasteiger partial charge in [0.2, 0.25) is 5.28 Å². The Kier molecular flexibility index (Phi) is 11.0. The average Bonchev–Trinajstić information content (AvgIpc) is 2.46. The van der Waals surface area contributed by atoms with Crippen LogP contribution in [0.2, 0.25) is 5.28 Å². The maximum Gasteiger partial charge on any atom is 0.224 e. The summed E-state index contributed by atoms with van der Waals surface area (Å²) in [5, 5.41) is 3.49. The first kappa shape index (κ1) is 19.6. The van der Waals surface area contributed by atoms with E-state index in [4.69, 9.17) is 16.3 Å². The molecule has 116 valence electrons. The standard InChI is InChI=1S/C10H14BrClN4O.C2H6.CH4/c11-8-7-14-10(12)15-9(8)13-1-2-16-3-5-17-6-4-16;1-2;/h7H,1-6H2,(H,13,14,15);1-2H3;1H4. The third kappa shape index (κ3) is 6.83. The maximum atomic E-state index is 5.73. The van der Waals surface area contributed by atoms with Crippen molar-refractivity contribution in [2.24, 2.45) is 0 Å². The minimum absolute atomic E-state index is 0. The molecule has 1 fully saturated rings. The van der Waals surface area contributed by atoms with Gasteiger partial charge in [0.05, 0.1) is 17.7 Å². The lowest BCUT2D eigenvalue weighted by Crippen LogP contribution is -2.39. The molecule has 0 amide bonds. The van der Waals surface area contributed by atoms with Gasteiger partial charge in [-0.15, -0.1) is 0 Å². The van der Waals surface area contributed by atoms with E-state index >= 15 is 0 Å². The Balaban J connectivity index is 0.00000115. The highest BCUT2D eigenvalue weighted by molar-refractivity contribution is 9.10. The van der Waals surface area contributed by atoms with Crippen LogP contribution in [0.5, 0.6) is 0 Å². The lowest BCUT2D eigenvalue weighted by molar-refractivity contribution is 0.0398. The van der Waals surface area contributed by atoms with Crippen molar-refractivity contribution in [3.05, 3.63) is 16.0 Å². The van der Waals surface area contributed by atoms with Crippen LogP contribution in [0.4, 0.5) is 5.82 Å². The molecule has 1 aliphatic heterocycles. The first-order valence-corrected chi connectivity index (χ1v) is 7.65. The molecule has 2 heterocycles. The summed E-state index contributed by atoms with van der Waals surface area (Å²) in [5.74, 6) is 0.734. The number of morpholine rings is 1. The normalized spacial score (nSPS) is 14.8. The van der Waals surface area contributed by atoms with Crippen molar-refractivity contribution in [2.45, 2.75) is 21.3 Å². The van der Waals surface area contributed by atoms with Gasteiger partial charge in [0.1, 0.15) is 5.82 Å². The lowest BCUT2D eigenvalue weighted by atomic mass is 10.4. The number of anilines is 1. The Morgan fingerprint density at radius 2 is 2.05 bits per heavy atom. The maximum absolute atomic E-state index is 5.73. The zero-order chi connectivity index (χ0) is 14.1. The van der Waals surface area contributed by atoms with Crippen molar-refractivity contribution in [3.8, 4) is 0 Å². The molecule has 2 rings (SSSR count). The molecule has 0 unspecified atom stereocenters. The van der Waals surface area contributed by atoms with Crippen LogP contribution < -0.4 is 5.32 Å². The number of aromatic nitrogens is 2. The van der Waals surface area contributed by atoms with Gasteiger partial charge in [-0.3, -0.25) is 4.90 Å². The third-order valence-corrected chi connectivity index (χ3v) is 3.30. The van der Waals surface area contributed by atoms with Gasteiger partial charge in [0.25, 0.3) is 0 Å². The van der Waals surface area contributed by atoms with Crippen LogP contribution >= 0.6 is 27.5 Å². The van der Waals surface area contributed by atoms with Crippen LogP contribution in [0.15, 0.2) is 10.7 Å². The molecule has 1 N–H and O–H groups in total. The van der Waals surface area contributed by atoms with E-state index < -0.39 is 0 Å². The minimum Gasteiger partial charge on any atom is -0.379 e. The Bertz CT molecular complexity index is 375. The summed E-state index contributed by atoms with van der Waals surface area (Å²) in [5.41, 5.74) is 0. The second kappa shape index (κ2) is 11.3. The van der Waals surface area contributed by atoms with Crippen molar-refractivity contribution in [2.75, 3.05) is 44.7 Å². The molecule has 5 nitrogen and oxygen atoms in total. The second-order valence-electron chi connectivity index (χ2n) is 3.72. The van der Waals surface area contributed by atoms with E-state index in [2.05, 4.69) is 36.1 Å². The van der Waals surface area contributed by atoms with E-state index in [1.165, 1.54) is 0 Å². The quantitative estimate of drug-likeness (QED) is 0.828. The van der Waals surface area contributed by atoms with E-state index in [0.717, 1.165) is 49.7 Å². The van der Waals surface area contributed by atoms with E-state index in [1.54, 1.807) is 6.20 Å². The number of hydrogen-bond acceptors (Lipinski definition) is 5. The molecular formula is C13H24BrClN4O. The van der Waals surface area contributed by atoms with Gasteiger partial charge in [-0.2, -0.15) is 4.98 Å². The highest BCUT2D eigenvalue weighted by atomic mass is 79.9. The fraction of sp³-hybridized carbons (Fsp3) is 0.692. The Morgan fingerprint density at radius 3 is 2.70 bits per heavy atom. The van der Waals surface area contributed by atoms with Crippen molar-refractivity contribution >= 4 is 33.3 Å². The predicted octanol–water partition coefficient (Wildman–Crippen LogP) is 3.30. The molecule has 0 aromatic carbocycles. The zero-order valence-electron chi connectivity index (χ0n) is 11.3.